The smallest absolute Gasteiger partial charge is 0.382 e. The van der Waals surface area contributed by atoms with E-state index in [2.05, 4.69) is 15.6 Å². The molecule has 1 heterocycles. The SMILES string of the molecule is Cc1cc(C#CC(=O)O)no1. The van der Waals surface area contributed by atoms with E-state index >= 15 is 0 Å². The summed E-state index contributed by atoms with van der Waals surface area (Å²) in [6, 6.07) is 1.57. The zero-order valence-electron chi connectivity index (χ0n) is 5.79. The van der Waals surface area contributed by atoms with Crippen LogP contribution in [0.3, 0.4) is 0 Å². The maximum Gasteiger partial charge on any atom is 0.382 e. The first kappa shape index (κ1) is 7.35. The molecular weight excluding hydrogens is 146 g/mol. The van der Waals surface area contributed by atoms with Gasteiger partial charge in [-0.25, -0.2) is 4.79 Å². The second-order valence-corrected chi connectivity index (χ2v) is 1.88. The van der Waals surface area contributed by atoms with Crippen LogP contribution in [-0.4, -0.2) is 16.2 Å². The van der Waals surface area contributed by atoms with Gasteiger partial charge in [-0.15, -0.1) is 0 Å². The van der Waals surface area contributed by atoms with E-state index in [0.29, 0.717) is 11.5 Å². The van der Waals surface area contributed by atoms with E-state index in [-0.39, 0.29) is 0 Å². The number of aromatic nitrogens is 1. The molecule has 0 aliphatic heterocycles. The third-order valence-corrected chi connectivity index (χ3v) is 0.925. The van der Waals surface area contributed by atoms with Gasteiger partial charge in [0.2, 0.25) is 0 Å². The highest BCUT2D eigenvalue weighted by Gasteiger charge is 1.94. The van der Waals surface area contributed by atoms with Crippen molar-refractivity contribution in [3.05, 3.63) is 17.5 Å². The average Bonchev–Trinajstić information content (AvgIpc) is 2.31. The number of carboxylic acids is 1. The molecule has 1 N–H and O–H groups in total. The first-order valence-electron chi connectivity index (χ1n) is 2.87. The predicted molar refractivity (Wildman–Crippen MR) is 35.8 cm³/mol. The van der Waals surface area contributed by atoms with Gasteiger partial charge in [0.25, 0.3) is 0 Å². The number of carboxylic acid groups (broad SMARTS) is 1. The second kappa shape index (κ2) is 2.88. The van der Waals surface area contributed by atoms with E-state index in [1.54, 1.807) is 13.0 Å². The molecule has 1 rings (SSSR count). The van der Waals surface area contributed by atoms with Crippen molar-refractivity contribution in [1.82, 2.24) is 5.16 Å². The summed E-state index contributed by atoms with van der Waals surface area (Å²) in [7, 11) is 0. The molecule has 0 saturated heterocycles. The van der Waals surface area contributed by atoms with Crippen molar-refractivity contribution >= 4 is 5.97 Å². The molecule has 0 aliphatic rings. The molecular formula is C7H5NO3. The van der Waals surface area contributed by atoms with Crippen molar-refractivity contribution in [3.63, 3.8) is 0 Å². The van der Waals surface area contributed by atoms with Crippen LogP contribution in [0.4, 0.5) is 0 Å². The van der Waals surface area contributed by atoms with Crippen molar-refractivity contribution < 1.29 is 14.4 Å². The molecule has 0 saturated carbocycles. The molecule has 0 amide bonds. The highest BCUT2D eigenvalue weighted by molar-refractivity contribution is 5.87. The van der Waals surface area contributed by atoms with Crippen molar-refractivity contribution in [2.24, 2.45) is 0 Å². The largest absolute Gasteiger partial charge is 0.472 e. The number of nitrogens with zero attached hydrogens (tertiary/aromatic N) is 1. The van der Waals surface area contributed by atoms with E-state index in [9.17, 15) is 4.79 Å². The van der Waals surface area contributed by atoms with Gasteiger partial charge in [-0.3, -0.25) is 0 Å². The van der Waals surface area contributed by atoms with Crippen LogP contribution in [0.5, 0.6) is 0 Å². The minimum Gasteiger partial charge on any atom is -0.472 e. The van der Waals surface area contributed by atoms with Crippen LogP contribution in [0.1, 0.15) is 11.5 Å². The van der Waals surface area contributed by atoms with Crippen LogP contribution in [0.25, 0.3) is 0 Å². The van der Waals surface area contributed by atoms with Gasteiger partial charge in [0, 0.05) is 12.0 Å². The summed E-state index contributed by atoms with van der Waals surface area (Å²) in [4.78, 5) is 9.95. The summed E-state index contributed by atoms with van der Waals surface area (Å²) in [6.07, 6.45) is 0. The monoisotopic (exact) mass is 151 g/mol. The Labute approximate surface area is 62.8 Å². The number of rotatable bonds is 0. The maximum absolute atomic E-state index is 9.95. The van der Waals surface area contributed by atoms with Gasteiger partial charge in [-0.1, -0.05) is 5.16 Å². The normalized spacial score (nSPS) is 8.45. The fourth-order valence-electron chi connectivity index (χ4n) is 0.543. The van der Waals surface area contributed by atoms with Crippen LogP contribution in [0.15, 0.2) is 10.6 Å². The summed E-state index contributed by atoms with van der Waals surface area (Å²) >= 11 is 0. The Hall–Kier alpha value is -1.76. The van der Waals surface area contributed by atoms with E-state index in [1.807, 2.05) is 5.92 Å². The third kappa shape index (κ3) is 2.14. The number of carbonyl (C=O) groups is 1. The van der Waals surface area contributed by atoms with Crippen LogP contribution >= 0.6 is 0 Å². The third-order valence-electron chi connectivity index (χ3n) is 0.925. The van der Waals surface area contributed by atoms with E-state index in [1.165, 1.54) is 0 Å². The summed E-state index contributed by atoms with van der Waals surface area (Å²) in [5.74, 6) is 3.67. The molecule has 0 aliphatic carbocycles. The molecule has 56 valence electrons. The summed E-state index contributed by atoms with van der Waals surface area (Å²) in [5, 5.41) is 11.6. The Morgan fingerprint density at radius 1 is 1.82 bits per heavy atom. The summed E-state index contributed by atoms with van der Waals surface area (Å²) in [5.41, 5.74) is 0.338. The number of hydrogen-bond acceptors (Lipinski definition) is 3. The lowest BCUT2D eigenvalue weighted by molar-refractivity contribution is -0.130. The fourth-order valence-corrected chi connectivity index (χ4v) is 0.543. The van der Waals surface area contributed by atoms with Crippen molar-refractivity contribution in [2.45, 2.75) is 6.92 Å². The Morgan fingerprint density at radius 2 is 2.55 bits per heavy atom. The molecule has 0 aromatic carbocycles. The number of aryl methyl sites for hydroxylation is 1. The van der Waals surface area contributed by atoms with Gasteiger partial charge in [0.1, 0.15) is 5.76 Å². The molecule has 4 nitrogen and oxygen atoms in total. The van der Waals surface area contributed by atoms with Gasteiger partial charge in [0.15, 0.2) is 5.69 Å². The standard InChI is InChI=1S/C7H5NO3/c1-5-4-6(8-11-5)2-3-7(9)10/h4H,1H3,(H,9,10). The predicted octanol–water partition coefficient (Wildman–Crippen LogP) is 0.419. The first-order chi connectivity index (χ1) is 5.18. The molecule has 0 radical (unpaired) electrons. The highest BCUT2D eigenvalue weighted by atomic mass is 16.5. The van der Waals surface area contributed by atoms with Gasteiger partial charge in [0.05, 0.1) is 0 Å². The lowest BCUT2D eigenvalue weighted by atomic mass is 10.4. The van der Waals surface area contributed by atoms with E-state index in [4.69, 9.17) is 5.11 Å². The van der Waals surface area contributed by atoms with Crippen LogP contribution in [0.2, 0.25) is 0 Å². The Kier molecular flexibility index (Phi) is 1.93. The van der Waals surface area contributed by atoms with E-state index in [0.717, 1.165) is 0 Å². The fraction of sp³-hybridized carbons (Fsp3) is 0.143. The van der Waals surface area contributed by atoms with E-state index < -0.39 is 5.97 Å². The highest BCUT2D eigenvalue weighted by Crippen LogP contribution is 1.98. The lowest BCUT2D eigenvalue weighted by Gasteiger charge is -1.70. The van der Waals surface area contributed by atoms with Gasteiger partial charge < -0.3 is 9.63 Å². The molecule has 1 aromatic heterocycles. The zero-order valence-corrected chi connectivity index (χ0v) is 5.79. The van der Waals surface area contributed by atoms with Crippen molar-refractivity contribution in [2.75, 3.05) is 0 Å². The minimum atomic E-state index is -1.18. The summed E-state index contributed by atoms with van der Waals surface area (Å²) in [6.45, 7) is 1.71. The quantitative estimate of drug-likeness (QED) is 0.546. The van der Waals surface area contributed by atoms with Crippen molar-refractivity contribution in [3.8, 4) is 11.8 Å². The Balaban J connectivity index is 2.82. The van der Waals surface area contributed by atoms with Gasteiger partial charge >= 0.3 is 5.97 Å². The van der Waals surface area contributed by atoms with Crippen LogP contribution in [0, 0.1) is 18.8 Å². The zero-order chi connectivity index (χ0) is 8.27. The molecule has 0 atom stereocenters. The number of hydrogen-bond donors (Lipinski definition) is 1. The number of aliphatic carboxylic acids is 1. The van der Waals surface area contributed by atoms with Crippen molar-refractivity contribution in [1.29, 1.82) is 0 Å². The topological polar surface area (TPSA) is 63.3 Å². The molecule has 0 bridgehead atoms. The molecule has 0 unspecified atom stereocenters. The van der Waals surface area contributed by atoms with Gasteiger partial charge in [-0.2, -0.15) is 0 Å². The molecule has 1 aromatic rings. The molecule has 0 spiro atoms. The molecule has 4 heteroatoms. The van der Waals surface area contributed by atoms with Crippen LogP contribution in [-0.2, 0) is 4.79 Å². The maximum atomic E-state index is 9.95. The lowest BCUT2D eigenvalue weighted by Crippen LogP contribution is -1.86. The first-order valence-corrected chi connectivity index (χ1v) is 2.87. The Bertz CT molecular complexity index is 329. The average molecular weight is 151 g/mol. The Morgan fingerprint density at radius 3 is 3.00 bits per heavy atom. The molecule has 0 fully saturated rings. The minimum absolute atomic E-state index is 0.338. The van der Waals surface area contributed by atoms with Gasteiger partial charge in [-0.05, 0) is 12.8 Å². The second-order valence-electron chi connectivity index (χ2n) is 1.88. The van der Waals surface area contributed by atoms with Crippen LogP contribution < -0.4 is 0 Å². The molecule has 11 heavy (non-hydrogen) atoms. The summed E-state index contributed by atoms with van der Waals surface area (Å²) < 4.78 is 4.65.